The minimum atomic E-state index is 0. The molecule has 0 saturated heterocycles. The fraction of sp³-hybridized carbons (Fsp3) is 0.571. The van der Waals surface area contributed by atoms with Gasteiger partial charge >= 0.3 is 122 Å². The molecule has 0 amide bonds. The minimum absolute atomic E-state index is 0. The Morgan fingerprint density at radius 1 is 1.35 bits per heavy atom. The van der Waals surface area contributed by atoms with Crippen molar-refractivity contribution < 1.29 is 55.1 Å². The molecule has 113 valence electrons. The van der Waals surface area contributed by atoms with E-state index in [2.05, 4.69) is 52.6 Å². The minimum Gasteiger partial charge on any atom is -1.00 e. The topological polar surface area (TPSA) is 41.5 Å². The molecule has 0 aromatic rings. The number of aliphatic hydroxyl groups excluding tert-OH is 1. The largest absolute Gasteiger partial charge is 1.00 e. The first kappa shape index (κ1) is 22.4. The molecule has 1 rings (SSSR count). The van der Waals surface area contributed by atoms with Gasteiger partial charge in [-0.3, -0.25) is 0 Å². The van der Waals surface area contributed by atoms with E-state index < -0.39 is 0 Å². The SMILES string of the molecule is COC(C)=C1C=C(CCO)C(NC(C)(C)C)=[C]1[Ti+2].[Cl-].[Cl-]. The Kier molecular flexibility index (Phi) is 10.2. The molecule has 0 aromatic heterocycles. The second kappa shape index (κ2) is 9.17. The van der Waals surface area contributed by atoms with Crippen LogP contribution >= 0.6 is 0 Å². The molecule has 1 aliphatic rings. The summed E-state index contributed by atoms with van der Waals surface area (Å²) in [5, 5.41) is 12.7. The summed E-state index contributed by atoms with van der Waals surface area (Å²) in [6, 6.07) is 0. The number of hydrogen-bond donors (Lipinski definition) is 2. The molecule has 0 saturated carbocycles. The number of rotatable bonds is 4. The van der Waals surface area contributed by atoms with Crippen LogP contribution in [-0.4, -0.2) is 24.4 Å². The summed E-state index contributed by atoms with van der Waals surface area (Å²) in [6.07, 6.45) is 2.77. The smallest absolute Gasteiger partial charge is 1.00 e. The van der Waals surface area contributed by atoms with E-state index in [-0.39, 0.29) is 37.0 Å². The van der Waals surface area contributed by atoms with Gasteiger partial charge in [0.2, 0.25) is 0 Å². The molecule has 0 aliphatic heterocycles. The molecule has 0 fully saturated rings. The van der Waals surface area contributed by atoms with Gasteiger partial charge in [-0.05, 0) is 0 Å². The molecule has 0 radical (unpaired) electrons. The summed E-state index contributed by atoms with van der Waals surface area (Å²) in [4.78, 5) is 0. The van der Waals surface area contributed by atoms with Gasteiger partial charge in [0.25, 0.3) is 0 Å². The van der Waals surface area contributed by atoms with Crippen LogP contribution in [0.1, 0.15) is 34.1 Å². The quantitative estimate of drug-likeness (QED) is 0.404. The molecule has 0 bridgehead atoms. The Hall–Kier alpha value is 0.0743. The van der Waals surface area contributed by atoms with Crippen LogP contribution in [0.5, 0.6) is 0 Å². The van der Waals surface area contributed by atoms with Gasteiger partial charge < -0.3 is 24.8 Å². The van der Waals surface area contributed by atoms with E-state index in [0.717, 1.165) is 22.6 Å². The van der Waals surface area contributed by atoms with E-state index in [1.807, 2.05) is 6.92 Å². The second-order valence-corrected chi connectivity index (χ2v) is 6.22. The molecular weight excluding hydrogens is 333 g/mol. The second-order valence-electron chi connectivity index (χ2n) is 5.44. The van der Waals surface area contributed by atoms with Crippen molar-refractivity contribution in [2.24, 2.45) is 0 Å². The predicted octanol–water partition coefficient (Wildman–Crippen LogP) is -3.62. The van der Waals surface area contributed by atoms with Gasteiger partial charge in [-0.2, -0.15) is 0 Å². The van der Waals surface area contributed by atoms with Crippen molar-refractivity contribution in [3.8, 4) is 0 Å². The Labute approximate surface area is 146 Å². The summed E-state index contributed by atoms with van der Waals surface area (Å²) >= 11 is 2.09. The summed E-state index contributed by atoms with van der Waals surface area (Å²) in [5.41, 5.74) is 3.40. The van der Waals surface area contributed by atoms with Gasteiger partial charge in [0, 0.05) is 0 Å². The third kappa shape index (κ3) is 5.83. The molecule has 2 N–H and O–H groups in total. The number of nitrogens with one attached hydrogen (secondary N) is 1. The first-order valence-corrected chi connectivity index (χ1v) is 6.89. The van der Waals surface area contributed by atoms with Crippen molar-refractivity contribution >= 4 is 0 Å². The number of halogens is 2. The average Bonchev–Trinajstić information content (AvgIpc) is 2.55. The van der Waals surface area contributed by atoms with Crippen molar-refractivity contribution in [2.45, 2.75) is 39.7 Å². The summed E-state index contributed by atoms with van der Waals surface area (Å²) < 4.78 is 6.51. The monoisotopic (exact) mass is 354 g/mol. The van der Waals surface area contributed by atoms with Crippen molar-refractivity contribution in [1.82, 2.24) is 5.32 Å². The van der Waals surface area contributed by atoms with Gasteiger partial charge in [-0.25, -0.2) is 0 Å². The normalized spacial score (nSPS) is 17.1. The Balaban J connectivity index is 0. The van der Waals surface area contributed by atoms with Gasteiger partial charge in [-0.15, -0.1) is 0 Å². The molecule has 0 aromatic carbocycles. The molecule has 0 atom stereocenters. The molecular formula is C14H22Cl2NO2Ti. The van der Waals surface area contributed by atoms with Gasteiger partial charge in [0.15, 0.2) is 0 Å². The van der Waals surface area contributed by atoms with E-state index in [1.54, 1.807) is 7.11 Å². The van der Waals surface area contributed by atoms with Crippen LogP contribution in [0, 0.1) is 0 Å². The van der Waals surface area contributed by atoms with Crippen LogP contribution in [0.15, 0.2) is 32.6 Å². The zero-order valence-corrected chi connectivity index (χ0v) is 15.7. The summed E-state index contributed by atoms with van der Waals surface area (Å²) in [7, 11) is 1.68. The Morgan fingerprint density at radius 3 is 2.30 bits per heavy atom. The molecule has 0 spiro atoms. The van der Waals surface area contributed by atoms with Gasteiger partial charge in [0.05, 0.1) is 0 Å². The van der Waals surface area contributed by atoms with Crippen LogP contribution in [-0.2, 0) is 25.2 Å². The molecule has 1 aliphatic carbocycles. The van der Waals surface area contributed by atoms with E-state index in [4.69, 9.17) is 4.74 Å². The molecule has 0 unspecified atom stereocenters. The maximum atomic E-state index is 9.17. The average molecular weight is 355 g/mol. The van der Waals surface area contributed by atoms with Gasteiger partial charge in [0.1, 0.15) is 0 Å². The van der Waals surface area contributed by atoms with Gasteiger partial charge in [-0.1, -0.05) is 0 Å². The number of methoxy groups -OCH3 is 1. The number of hydrogen-bond acceptors (Lipinski definition) is 3. The fourth-order valence-corrected chi connectivity index (χ4v) is 2.57. The third-order valence-corrected chi connectivity index (χ3v) is 3.54. The standard InChI is InChI=1S/C14H22NO2.2ClH.Ti/c1-10(17-5)12-8-11(6-7-16)13(9-12)15-14(2,3)4;;;/h8,15-16H,6-7H2,1-5H3;2*1H;/q;;;+2/p-2. The zero-order chi connectivity index (χ0) is 13.9. The van der Waals surface area contributed by atoms with Crippen LogP contribution < -0.4 is 30.1 Å². The van der Waals surface area contributed by atoms with E-state index in [0.29, 0.717) is 6.42 Å². The van der Waals surface area contributed by atoms with Crippen molar-refractivity contribution in [2.75, 3.05) is 13.7 Å². The summed E-state index contributed by atoms with van der Waals surface area (Å²) in [6.45, 7) is 8.53. The Bertz CT molecular complexity index is 423. The first-order valence-electron chi connectivity index (χ1n) is 6.11. The molecule has 3 nitrogen and oxygen atoms in total. The van der Waals surface area contributed by atoms with Crippen LogP contribution in [0.25, 0.3) is 0 Å². The van der Waals surface area contributed by atoms with E-state index in [1.165, 1.54) is 3.88 Å². The van der Waals surface area contributed by atoms with E-state index in [9.17, 15) is 5.11 Å². The maximum absolute atomic E-state index is 9.17. The molecule has 0 heterocycles. The fourth-order valence-electron chi connectivity index (χ4n) is 1.84. The molecule has 6 heteroatoms. The Morgan fingerprint density at radius 2 is 1.90 bits per heavy atom. The third-order valence-electron chi connectivity index (χ3n) is 2.73. The summed E-state index contributed by atoms with van der Waals surface area (Å²) in [5.74, 6) is 0.911. The molecule has 20 heavy (non-hydrogen) atoms. The van der Waals surface area contributed by atoms with Crippen molar-refractivity contribution in [3.63, 3.8) is 0 Å². The van der Waals surface area contributed by atoms with Crippen LogP contribution in [0.3, 0.4) is 0 Å². The van der Waals surface area contributed by atoms with Crippen LogP contribution in [0.4, 0.5) is 0 Å². The van der Waals surface area contributed by atoms with E-state index >= 15 is 0 Å². The van der Waals surface area contributed by atoms with Crippen molar-refractivity contribution in [1.29, 1.82) is 0 Å². The van der Waals surface area contributed by atoms with Crippen LogP contribution in [0.2, 0.25) is 0 Å². The predicted molar refractivity (Wildman–Crippen MR) is 69.4 cm³/mol. The number of aliphatic hydroxyl groups is 1. The maximum Gasteiger partial charge on any atom is -1.00 e. The number of allylic oxidation sites excluding steroid dienone is 5. The first-order chi connectivity index (χ1) is 8.30. The number of ether oxygens (including phenoxy) is 1. The zero-order valence-electron chi connectivity index (χ0n) is 12.6. The van der Waals surface area contributed by atoms with Crippen molar-refractivity contribution in [3.05, 3.63) is 32.6 Å².